The van der Waals surface area contributed by atoms with Crippen molar-refractivity contribution in [3.63, 3.8) is 0 Å². The van der Waals surface area contributed by atoms with Gasteiger partial charge in [-0.3, -0.25) is 4.79 Å². The quantitative estimate of drug-likeness (QED) is 0.710. The molecule has 6 nitrogen and oxygen atoms in total. The van der Waals surface area contributed by atoms with E-state index in [1.54, 1.807) is 49.4 Å². The normalized spacial score (nSPS) is 16.4. The second kappa shape index (κ2) is 7.90. The van der Waals surface area contributed by atoms with Crippen molar-refractivity contribution in [3.05, 3.63) is 69.3 Å². The summed E-state index contributed by atoms with van der Waals surface area (Å²) in [5, 5.41) is 9.16. The zero-order chi connectivity index (χ0) is 19.6. The van der Waals surface area contributed by atoms with Crippen molar-refractivity contribution in [2.24, 2.45) is 0 Å². The van der Waals surface area contributed by atoms with Gasteiger partial charge in [-0.25, -0.2) is 4.79 Å². The van der Waals surface area contributed by atoms with Gasteiger partial charge in [-0.05, 0) is 42.8 Å². The standard InChI is InChI=1S/C19H17Cl2N3O3/c1-10-16(18(25)23-14-9-13(21)6-7-15(14)27-2)17(24-19(26)22-10)11-4-3-5-12(20)8-11/h3-9,17H,1-2H3,(H,23,25)(H2,22,24,26)/t17-/m1/s1. The first-order chi connectivity index (χ1) is 12.9. The van der Waals surface area contributed by atoms with Gasteiger partial charge in [0.25, 0.3) is 5.91 Å². The Morgan fingerprint density at radius 3 is 2.59 bits per heavy atom. The number of rotatable bonds is 4. The van der Waals surface area contributed by atoms with Gasteiger partial charge in [-0.2, -0.15) is 0 Å². The predicted molar refractivity (Wildman–Crippen MR) is 105 cm³/mol. The summed E-state index contributed by atoms with van der Waals surface area (Å²) in [6.07, 6.45) is 0. The minimum absolute atomic E-state index is 0.360. The van der Waals surface area contributed by atoms with Crippen LogP contribution in [0.25, 0.3) is 0 Å². The topological polar surface area (TPSA) is 79.5 Å². The lowest BCUT2D eigenvalue weighted by molar-refractivity contribution is -0.113. The van der Waals surface area contributed by atoms with E-state index in [4.69, 9.17) is 27.9 Å². The fourth-order valence-electron chi connectivity index (χ4n) is 2.90. The molecule has 0 saturated heterocycles. The first kappa shape index (κ1) is 19.1. The van der Waals surface area contributed by atoms with Crippen molar-refractivity contribution in [3.8, 4) is 5.75 Å². The van der Waals surface area contributed by atoms with Gasteiger partial charge in [0.15, 0.2) is 0 Å². The molecule has 2 aromatic rings. The third kappa shape index (κ3) is 4.18. The van der Waals surface area contributed by atoms with Gasteiger partial charge in [0, 0.05) is 15.7 Å². The highest BCUT2D eigenvalue weighted by Gasteiger charge is 2.31. The van der Waals surface area contributed by atoms with Crippen LogP contribution in [0.5, 0.6) is 5.75 Å². The Labute approximate surface area is 166 Å². The minimum atomic E-state index is -0.650. The predicted octanol–water partition coefficient (Wildman–Crippen LogP) is 4.27. The molecule has 3 N–H and O–H groups in total. The molecule has 1 atom stereocenters. The number of amides is 3. The van der Waals surface area contributed by atoms with Crippen molar-refractivity contribution in [2.45, 2.75) is 13.0 Å². The summed E-state index contributed by atoms with van der Waals surface area (Å²) < 4.78 is 5.27. The van der Waals surface area contributed by atoms with Gasteiger partial charge < -0.3 is 20.7 Å². The van der Waals surface area contributed by atoms with Crippen LogP contribution in [0.2, 0.25) is 10.0 Å². The van der Waals surface area contributed by atoms with Crippen LogP contribution in [0.3, 0.4) is 0 Å². The van der Waals surface area contributed by atoms with Gasteiger partial charge in [0.05, 0.1) is 24.4 Å². The van der Waals surface area contributed by atoms with Crippen LogP contribution in [-0.2, 0) is 4.79 Å². The highest BCUT2D eigenvalue weighted by atomic mass is 35.5. The molecular formula is C19H17Cl2N3O3. The number of urea groups is 1. The molecule has 0 saturated carbocycles. The zero-order valence-electron chi connectivity index (χ0n) is 14.6. The van der Waals surface area contributed by atoms with Crippen molar-refractivity contribution in [1.82, 2.24) is 10.6 Å². The first-order valence-electron chi connectivity index (χ1n) is 8.07. The maximum absolute atomic E-state index is 13.0. The van der Waals surface area contributed by atoms with Crippen LogP contribution in [0, 0.1) is 0 Å². The minimum Gasteiger partial charge on any atom is -0.495 e. The van der Waals surface area contributed by atoms with Gasteiger partial charge in [-0.15, -0.1) is 0 Å². The van der Waals surface area contributed by atoms with Crippen molar-refractivity contribution >= 4 is 40.8 Å². The highest BCUT2D eigenvalue weighted by molar-refractivity contribution is 6.31. The van der Waals surface area contributed by atoms with Crippen LogP contribution >= 0.6 is 23.2 Å². The molecule has 0 aromatic heterocycles. The molecule has 0 radical (unpaired) electrons. The number of hydrogen-bond donors (Lipinski definition) is 3. The Balaban J connectivity index is 1.98. The van der Waals surface area contributed by atoms with E-state index in [9.17, 15) is 9.59 Å². The Morgan fingerprint density at radius 2 is 1.89 bits per heavy atom. The van der Waals surface area contributed by atoms with Gasteiger partial charge >= 0.3 is 6.03 Å². The summed E-state index contributed by atoms with van der Waals surface area (Å²) in [5.41, 5.74) is 1.93. The fraction of sp³-hybridized carbons (Fsp3) is 0.158. The lowest BCUT2D eigenvalue weighted by atomic mass is 9.95. The highest BCUT2D eigenvalue weighted by Crippen LogP contribution is 2.32. The van der Waals surface area contributed by atoms with Crippen LogP contribution < -0.4 is 20.7 Å². The van der Waals surface area contributed by atoms with Crippen molar-refractivity contribution < 1.29 is 14.3 Å². The summed E-state index contributed by atoms with van der Waals surface area (Å²) in [6, 6.07) is 10.9. The molecule has 0 aliphatic carbocycles. The summed E-state index contributed by atoms with van der Waals surface area (Å²) >= 11 is 12.1. The Morgan fingerprint density at radius 1 is 1.15 bits per heavy atom. The molecule has 1 heterocycles. The maximum Gasteiger partial charge on any atom is 0.319 e. The molecule has 8 heteroatoms. The Bertz CT molecular complexity index is 944. The number of hydrogen-bond acceptors (Lipinski definition) is 3. The number of nitrogens with one attached hydrogen (secondary N) is 3. The van der Waals surface area contributed by atoms with Gasteiger partial charge in [-0.1, -0.05) is 35.3 Å². The van der Waals surface area contributed by atoms with E-state index in [0.29, 0.717) is 38.3 Å². The molecule has 1 aliphatic heterocycles. The van der Waals surface area contributed by atoms with E-state index in [-0.39, 0.29) is 0 Å². The third-order valence-electron chi connectivity index (χ3n) is 4.11. The van der Waals surface area contributed by atoms with E-state index in [0.717, 1.165) is 0 Å². The molecule has 0 bridgehead atoms. The molecule has 2 aromatic carbocycles. The summed E-state index contributed by atoms with van der Waals surface area (Å²) in [7, 11) is 1.50. The maximum atomic E-state index is 13.0. The van der Waals surface area contributed by atoms with Gasteiger partial charge in [0.2, 0.25) is 0 Å². The number of allylic oxidation sites excluding steroid dienone is 1. The van der Waals surface area contributed by atoms with E-state index >= 15 is 0 Å². The molecule has 0 spiro atoms. The number of carbonyl (C=O) groups is 2. The van der Waals surface area contributed by atoms with Crippen LogP contribution in [-0.4, -0.2) is 19.0 Å². The van der Waals surface area contributed by atoms with Crippen LogP contribution in [0.4, 0.5) is 10.5 Å². The smallest absolute Gasteiger partial charge is 0.319 e. The molecule has 0 unspecified atom stereocenters. The zero-order valence-corrected chi connectivity index (χ0v) is 16.1. The van der Waals surface area contributed by atoms with Crippen molar-refractivity contribution in [1.29, 1.82) is 0 Å². The largest absolute Gasteiger partial charge is 0.495 e. The van der Waals surface area contributed by atoms with E-state index in [2.05, 4.69) is 16.0 Å². The average molecular weight is 406 g/mol. The molecule has 0 fully saturated rings. The second-order valence-corrected chi connectivity index (χ2v) is 6.80. The molecular weight excluding hydrogens is 389 g/mol. The van der Waals surface area contributed by atoms with Crippen LogP contribution in [0.15, 0.2) is 53.7 Å². The number of methoxy groups -OCH3 is 1. The molecule has 1 aliphatic rings. The molecule has 140 valence electrons. The number of halogens is 2. The third-order valence-corrected chi connectivity index (χ3v) is 4.58. The van der Waals surface area contributed by atoms with E-state index in [1.165, 1.54) is 7.11 Å². The number of anilines is 1. The summed E-state index contributed by atoms with van der Waals surface area (Å²) in [6.45, 7) is 1.67. The lowest BCUT2D eigenvalue weighted by Gasteiger charge is -2.29. The Kier molecular flexibility index (Phi) is 5.58. The van der Waals surface area contributed by atoms with E-state index < -0.39 is 18.0 Å². The molecule has 27 heavy (non-hydrogen) atoms. The molecule has 3 rings (SSSR count). The second-order valence-electron chi connectivity index (χ2n) is 5.92. The number of ether oxygens (including phenoxy) is 1. The first-order valence-corrected chi connectivity index (χ1v) is 8.83. The fourth-order valence-corrected chi connectivity index (χ4v) is 3.27. The number of carbonyl (C=O) groups excluding carboxylic acids is 2. The Hall–Kier alpha value is -2.70. The van der Waals surface area contributed by atoms with E-state index in [1.807, 2.05) is 0 Å². The lowest BCUT2D eigenvalue weighted by Crippen LogP contribution is -2.46. The molecule has 3 amide bonds. The van der Waals surface area contributed by atoms with Crippen LogP contribution in [0.1, 0.15) is 18.5 Å². The summed E-state index contributed by atoms with van der Waals surface area (Å²) in [4.78, 5) is 25.0. The average Bonchev–Trinajstić information content (AvgIpc) is 2.61. The van der Waals surface area contributed by atoms with Crippen molar-refractivity contribution in [2.75, 3.05) is 12.4 Å². The van der Waals surface area contributed by atoms with Gasteiger partial charge in [0.1, 0.15) is 5.75 Å². The monoisotopic (exact) mass is 405 g/mol. The SMILES string of the molecule is COc1ccc(Cl)cc1NC(=O)C1=C(C)NC(=O)N[C@@H]1c1cccc(Cl)c1. The summed E-state index contributed by atoms with van der Waals surface area (Å²) in [5.74, 6) is 0.0728. The number of benzene rings is 2.